The molecule has 130 valence electrons. The summed E-state index contributed by atoms with van der Waals surface area (Å²) >= 11 is 5.92. The highest BCUT2D eigenvalue weighted by molar-refractivity contribution is 6.30. The van der Waals surface area contributed by atoms with Crippen LogP contribution in [-0.4, -0.2) is 28.0 Å². The highest BCUT2D eigenvalue weighted by Crippen LogP contribution is 2.23. The van der Waals surface area contributed by atoms with Crippen LogP contribution in [0.3, 0.4) is 0 Å². The van der Waals surface area contributed by atoms with Gasteiger partial charge in [0.15, 0.2) is 0 Å². The first-order chi connectivity index (χ1) is 12.0. The predicted molar refractivity (Wildman–Crippen MR) is 99.2 cm³/mol. The summed E-state index contributed by atoms with van der Waals surface area (Å²) in [5.74, 6) is 0.729. The summed E-state index contributed by atoms with van der Waals surface area (Å²) < 4.78 is 0. The molecule has 0 unspecified atom stereocenters. The second-order valence-electron chi connectivity index (χ2n) is 5.90. The Balaban J connectivity index is 1.69. The standard InChI is InChI=1S/C17H19ClN6O/c1-10-8-11(2)20-15(19-10)23-16(21-13-6-7-13)24-17(25)22-14-5-3-4-12(18)9-14/h3-5,8-9,13H,6-7H2,1-2H3,(H3,19,20,21,22,23,24,25). The van der Waals surface area contributed by atoms with Crippen molar-refractivity contribution in [2.24, 2.45) is 4.99 Å². The first-order valence-corrected chi connectivity index (χ1v) is 8.36. The number of carbonyl (C=O) groups excluding carboxylic acids is 1. The van der Waals surface area contributed by atoms with Gasteiger partial charge in [-0.15, -0.1) is 0 Å². The molecular formula is C17H19ClN6O. The zero-order valence-corrected chi connectivity index (χ0v) is 14.8. The van der Waals surface area contributed by atoms with E-state index >= 15 is 0 Å². The van der Waals surface area contributed by atoms with Gasteiger partial charge in [-0.05, 0) is 51.0 Å². The molecule has 3 N–H and O–H groups in total. The molecule has 8 heteroatoms. The maximum atomic E-state index is 12.2. The quantitative estimate of drug-likeness (QED) is 0.578. The smallest absolute Gasteiger partial charge is 0.308 e. The summed E-state index contributed by atoms with van der Waals surface area (Å²) in [6.45, 7) is 3.77. The van der Waals surface area contributed by atoms with Crippen LogP contribution in [0.25, 0.3) is 0 Å². The van der Waals surface area contributed by atoms with Crippen molar-refractivity contribution in [1.82, 2.24) is 15.3 Å². The van der Waals surface area contributed by atoms with Gasteiger partial charge in [-0.3, -0.25) is 10.6 Å². The lowest BCUT2D eigenvalue weighted by Gasteiger charge is -2.12. The highest BCUT2D eigenvalue weighted by Gasteiger charge is 2.22. The Hall–Kier alpha value is -2.67. The summed E-state index contributed by atoms with van der Waals surface area (Å²) in [5, 5.41) is 8.97. The minimum atomic E-state index is -0.418. The molecule has 0 aliphatic heterocycles. The number of hydrogen-bond acceptors (Lipinski definition) is 4. The number of nitrogens with zero attached hydrogens (tertiary/aromatic N) is 3. The van der Waals surface area contributed by atoms with E-state index in [9.17, 15) is 4.79 Å². The fraction of sp³-hybridized carbons (Fsp3) is 0.294. The molecule has 0 saturated heterocycles. The fourth-order valence-corrected chi connectivity index (χ4v) is 2.40. The van der Waals surface area contributed by atoms with Crippen LogP contribution in [-0.2, 0) is 0 Å². The SMILES string of the molecule is Cc1cc(C)nc(NC(=NC2CC2)NC(=O)Nc2cccc(Cl)c2)n1. The van der Waals surface area contributed by atoms with Gasteiger partial charge < -0.3 is 5.32 Å². The van der Waals surface area contributed by atoms with Gasteiger partial charge >= 0.3 is 6.03 Å². The van der Waals surface area contributed by atoms with Crippen LogP contribution in [0.4, 0.5) is 16.4 Å². The lowest BCUT2D eigenvalue weighted by Crippen LogP contribution is -2.39. The number of nitrogens with one attached hydrogen (secondary N) is 3. The number of hydrogen-bond donors (Lipinski definition) is 3. The van der Waals surface area contributed by atoms with E-state index in [0.29, 0.717) is 22.6 Å². The van der Waals surface area contributed by atoms with Gasteiger partial charge in [0, 0.05) is 22.1 Å². The lowest BCUT2D eigenvalue weighted by molar-refractivity contribution is 0.256. The minimum absolute atomic E-state index is 0.222. The molecular weight excluding hydrogens is 340 g/mol. The van der Waals surface area contributed by atoms with E-state index in [-0.39, 0.29) is 6.04 Å². The maximum absolute atomic E-state index is 12.2. The third-order valence-corrected chi connectivity index (χ3v) is 3.62. The zero-order valence-electron chi connectivity index (χ0n) is 14.0. The number of benzene rings is 1. The van der Waals surface area contributed by atoms with E-state index in [1.54, 1.807) is 24.3 Å². The molecule has 2 amide bonds. The molecule has 0 spiro atoms. The molecule has 7 nitrogen and oxygen atoms in total. The Morgan fingerprint density at radius 2 is 1.88 bits per heavy atom. The Kier molecular flexibility index (Phi) is 5.14. The summed E-state index contributed by atoms with van der Waals surface area (Å²) in [6.07, 6.45) is 2.02. The Morgan fingerprint density at radius 1 is 1.16 bits per heavy atom. The second kappa shape index (κ2) is 7.48. The van der Waals surface area contributed by atoms with Crippen molar-refractivity contribution in [3.05, 3.63) is 46.7 Å². The normalized spacial score (nSPS) is 14.1. The van der Waals surface area contributed by atoms with Gasteiger partial charge in [-0.1, -0.05) is 17.7 Å². The van der Waals surface area contributed by atoms with Crippen LogP contribution < -0.4 is 16.0 Å². The summed E-state index contributed by atoms with van der Waals surface area (Å²) in [5.41, 5.74) is 2.27. The first kappa shape index (κ1) is 17.2. The summed E-state index contributed by atoms with van der Waals surface area (Å²) in [4.78, 5) is 25.3. The van der Waals surface area contributed by atoms with Crippen LogP contribution in [0.1, 0.15) is 24.2 Å². The number of anilines is 2. The van der Waals surface area contributed by atoms with Crippen LogP contribution >= 0.6 is 11.6 Å². The summed E-state index contributed by atoms with van der Waals surface area (Å²) in [6, 6.07) is 8.60. The molecule has 0 radical (unpaired) electrons. The zero-order chi connectivity index (χ0) is 17.8. The van der Waals surface area contributed by atoms with Crippen molar-refractivity contribution in [2.75, 3.05) is 10.6 Å². The lowest BCUT2D eigenvalue weighted by atomic mass is 10.3. The monoisotopic (exact) mass is 358 g/mol. The average Bonchev–Trinajstić information content (AvgIpc) is 3.29. The Bertz CT molecular complexity index is 798. The predicted octanol–water partition coefficient (Wildman–Crippen LogP) is 3.50. The molecule has 1 heterocycles. The molecule has 2 aromatic rings. The molecule has 0 atom stereocenters. The topological polar surface area (TPSA) is 91.3 Å². The number of urea groups is 1. The third-order valence-electron chi connectivity index (χ3n) is 3.39. The van der Waals surface area contributed by atoms with Crippen LogP contribution in [0, 0.1) is 13.8 Å². The number of aryl methyl sites for hydroxylation is 2. The van der Waals surface area contributed by atoms with E-state index in [0.717, 1.165) is 24.2 Å². The number of amides is 2. The van der Waals surface area contributed by atoms with Gasteiger partial charge in [0.05, 0.1) is 6.04 Å². The number of aliphatic imine (C=N–C) groups is 1. The molecule has 1 aliphatic carbocycles. The van der Waals surface area contributed by atoms with E-state index in [4.69, 9.17) is 11.6 Å². The Morgan fingerprint density at radius 3 is 2.52 bits per heavy atom. The second-order valence-corrected chi connectivity index (χ2v) is 6.33. The minimum Gasteiger partial charge on any atom is -0.308 e. The fourth-order valence-electron chi connectivity index (χ4n) is 2.21. The third kappa shape index (κ3) is 5.42. The van der Waals surface area contributed by atoms with E-state index in [1.165, 1.54) is 0 Å². The van der Waals surface area contributed by atoms with E-state index in [2.05, 4.69) is 30.9 Å². The van der Waals surface area contributed by atoms with Gasteiger partial charge in [0.2, 0.25) is 11.9 Å². The largest absolute Gasteiger partial charge is 0.326 e. The molecule has 3 rings (SSSR count). The molecule has 1 saturated carbocycles. The first-order valence-electron chi connectivity index (χ1n) is 7.98. The maximum Gasteiger partial charge on any atom is 0.326 e. The molecule has 25 heavy (non-hydrogen) atoms. The molecule has 1 fully saturated rings. The number of halogens is 1. The van der Waals surface area contributed by atoms with Gasteiger partial charge in [0.25, 0.3) is 0 Å². The Labute approximate surface area is 150 Å². The molecule has 1 aromatic carbocycles. The van der Waals surface area contributed by atoms with Crippen LogP contribution in [0.5, 0.6) is 0 Å². The van der Waals surface area contributed by atoms with Gasteiger partial charge in [-0.2, -0.15) is 0 Å². The van der Waals surface area contributed by atoms with E-state index in [1.807, 2.05) is 19.9 Å². The van der Waals surface area contributed by atoms with Crippen molar-refractivity contribution in [2.45, 2.75) is 32.7 Å². The molecule has 0 bridgehead atoms. The van der Waals surface area contributed by atoms with Crippen molar-refractivity contribution >= 4 is 35.2 Å². The molecule has 1 aromatic heterocycles. The van der Waals surface area contributed by atoms with Crippen LogP contribution in [0.15, 0.2) is 35.3 Å². The number of aromatic nitrogens is 2. The summed E-state index contributed by atoms with van der Waals surface area (Å²) in [7, 11) is 0. The average molecular weight is 359 g/mol. The number of rotatable bonds is 3. The van der Waals surface area contributed by atoms with Crippen molar-refractivity contribution in [3.63, 3.8) is 0 Å². The highest BCUT2D eigenvalue weighted by atomic mass is 35.5. The van der Waals surface area contributed by atoms with Crippen LogP contribution in [0.2, 0.25) is 5.02 Å². The van der Waals surface area contributed by atoms with Gasteiger partial charge in [0.1, 0.15) is 0 Å². The van der Waals surface area contributed by atoms with Crippen molar-refractivity contribution < 1.29 is 4.79 Å². The number of guanidine groups is 1. The van der Waals surface area contributed by atoms with Crippen molar-refractivity contribution in [1.29, 1.82) is 0 Å². The number of carbonyl (C=O) groups is 1. The molecule has 1 aliphatic rings. The van der Waals surface area contributed by atoms with Gasteiger partial charge in [-0.25, -0.2) is 19.8 Å². The van der Waals surface area contributed by atoms with Crippen molar-refractivity contribution in [3.8, 4) is 0 Å². The van der Waals surface area contributed by atoms with E-state index < -0.39 is 6.03 Å².